The maximum absolute atomic E-state index is 12.6. The van der Waals surface area contributed by atoms with Crippen molar-refractivity contribution in [1.82, 2.24) is 4.90 Å². The first-order valence-corrected chi connectivity index (χ1v) is 6.98. The van der Waals surface area contributed by atoms with Crippen molar-refractivity contribution in [3.63, 3.8) is 0 Å². The lowest BCUT2D eigenvalue weighted by Gasteiger charge is -2.35. The number of aliphatic hydroxyl groups excluding tert-OH is 1. The van der Waals surface area contributed by atoms with Gasteiger partial charge in [-0.3, -0.25) is 4.79 Å². The van der Waals surface area contributed by atoms with Crippen LogP contribution in [0.25, 0.3) is 0 Å². The summed E-state index contributed by atoms with van der Waals surface area (Å²) in [5, 5.41) is 18.8. The highest BCUT2D eigenvalue weighted by molar-refractivity contribution is 5.85. The highest BCUT2D eigenvalue weighted by Crippen LogP contribution is 2.30. The average molecular weight is 252 g/mol. The molecule has 1 atom stereocenters. The molecule has 0 radical (unpaired) electrons. The predicted octanol–water partition coefficient (Wildman–Crippen LogP) is 2.08. The summed E-state index contributed by atoms with van der Waals surface area (Å²) in [5.41, 5.74) is -0.905. The van der Waals surface area contributed by atoms with Gasteiger partial charge in [-0.15, -0.1) is 0 Å². The number of carbonyl (C=O) groups excluding carboxylic acids is 1. The average Bonchev–Trinajstić information content (AvgIpc) is 2.66. The largest absolute Gasteiger partial charge is 0.394 e. The lowest BCUT2D eigenvalue weighted by Crippen LogP contribution is -2.49. The van der Waals surface area contributed by atoms with Crippen LogP contribution in [0.4, 0.5) is 0 Å². The van der Waals surface area contributed by atoms with Crippen LogP contribution in [0.2, 0.25) is 0 Å². The molecule has 0 spiro atoms. The monoisotopic (exact) mass is 252 g/mol. The molecule has 0 aromatic rings. The van der Waals surface area contributed by atoms with Gasteiger partial charge in [0.25, 0.3) is 0 Å². The van der Waals surface area contributed by atoms with Crippen molar-refractivity contribution < 1.29 is 9.90 Å². The van der Waals surface area contributed by atoms with E-state index >= 15 is 0 Å². The van der Waals surface area contributed by atoms with Gasteiger partial charge in [-0.05, 0) is 25.7 Å². The summed E-state index contributed by atoms with van der Waals surface area (Å²) < 4.78 is 0. The molecule has 0 aromatic carbocycles. The van der Waals surface area contributed by atoms with E-state index in [1.54, 1.807) is 4.90 Å². The zero-order valence-electron chi connectivity index (χ0n) is 11.5. The molecule has 0 aromatic heterocycles. The molecule has 0 aliphatic carbocycles. The minimum absolute atomic E-state index is 0.000672. The number of hydrogen-bond acceptors (Lipinski definition) is 3. The quantitative estimate of drug-likeness (QED) is 0.833. The minimum Gasteiger partial charge on any atom is -0.394 e. The number of nitriles is 1. The number of aliphatic hydroxyl groups is 1. The Morgan fingerprint density at radius 1 is 1.39 bits per heavy atom. The van der Waals surface area contributed by atoms with E-state index in [-0.39, 0.29) is 18.6 Å². The smallest absolute Gasteiger partial charge is 0.243 e. The molecule has 0 bridgehead atoms. The summed E-state index contributed by atoms with van der Waals surface area (Å²) in [5.74, 6) is -0.0871. The van der Waals surface area contributed by atoms with Gasteiger partial charge in [-0.2, -0.15) is 5.26 Å². The van der Waals surface area contributed by atoms with Crippen molar-refractivity contribution >= 4 is 5.91 Å². The van der Waals surface area contributed by atoms with E-state index in [1.165, 1.54) is 0 Å². The molecule has 4 heteroatoms. The van der Waals surface area contributed by atoms with E-state index in [0.717, 1.165) is 25.7 Å². The topological polar surface area (TPSA) is 64.3 Å². The van der Waals surface area contributed by atoms with E-state index in [4.69, 9.17) is 0 Å². The Hall–Kier alpha value is -1.08. The molecule has 1 aliphatic heterocycles. The van der Waals surface area contributed by atoms with E-state index < -0.39 is 5.41 Å². The number of hydrogen-bond donors (Lipinski definition) is 1. The molecule has 18 heavy (non-hydrogen) atoms. The van der Waals surface area contributed by atoms with E-state index in [0.29, 0.717) is 19.4 Å². The Bertz CT molecular complexity index is 318. The van der Waals surface area contributed by atoms with Crippen molar-refractivity contribution in [1.29, 1.82) is 5.26 Å². The van der Waals surface area contributed by atoms with Gasteiger partial charge in [0.15, 0.2) is 0 Å². The van der Waals surface area contributed by atoms with E-state index in [1.807, 2.05) is 13.8 Å². The summed E-state index contributed by atoms with van der Waals surface area (Å²) in [7, 11) is 0. The molecule has 4 nitrogen and oxygen atoms in total. The van der Waals surface area contributed by atoms with Gasteiger partial charge >= 0.3 is 0 Å². The van der Waals surface area contributed by atoms with Gasteiger partial charge in [0.05, 0.1) is 18.7 Å². The molecule has 102 valence electrons. The third kappa shape index (κ3) is 2.84. The van der Waals surface area contributed by atoms with Gasteiger partial charge < -0.3 is 10.0 Å². The number of rotatable bonds is 4. The summed E-state index contributed by atoms with van der Waals surface area (Å²) in [6.45, 7) is 4.45. The molecule has 1 aliphatic rings. The molecule has 1 saturated heterocycles. The number of likely N-dealkylation sites (tertiary alicyclic amines) is 1. The second-order valence-electron chi connectivity index (χ2n) is 5.09. The van der Waals surface area contributed by atoms with Gasteiger partial charge in [0.1, 0.15) is 5.41 Å². The third-order valence-corrected chi connectivity index (χ3v) is 4.18. The fourth-order valence-corrected chi connectivity index (χ4v) is 2.67. The fraction of sp³-hybridized carbons (Fsp3) is 0.857. The molecule has 1 fully saturated rings. The SMILES string of the molecule is CCC(C#N)(CC)C(=O)N1CCCCCC1CO. The lowest BCUT2D eigenvalue weighted by molar-refractivity contribution is -0.142. The molecule has 1 unspecified atom stereocenters. The van der Waals surface area contributed by atoms with Crippen molar-refractivity contribution in [2.45, 2.75) is 58.4 Å². The maximum Gasteiger partial charge on any atom is 0.243 e. The van der Waals surface area contributed by atoms with Gasteiger partial charge in [0.2, 0.25) is 5.91 Å². The molecule has 1 rings (SSSR count). The van der Waals surface area contributed by atoms with E-state index in [9.17, 15) is 15.2 Å². The Morgan fingerprint density at radius 3 is 2.56 bits per heavy atom. The van der Waals surface area contributed by atoms with Gasteiger partial charge in [0, 0.05) is 6.54 Å². The van der Waals surface area contributed by atoms with Gasteiger partial charge in [-0.25, -0.2) is 0 Å². The molecule has 1 heterocycles. The number of carbonyl (C=O) groups is 1. The molecular weight excluding hydrogens is 228 g/mol. The Kier molecular flexibility index (Phi) is 5.61. The summed E-state index contributed by atoms with van der Waals surface area (Å²) in [4.78, 5) is 14.4. The zero-order chi connectivity index (χ0) is 13.6. The van der Waals surface area contributed by atoms with Crippen molar-refractivity contribution in [3.05, 3.63) is 0 Å². The fourth-order valence-electron chi connectivity index (χ4n) is 2.67. The first-order chi connectivity index (χ1) is 8.65. The summed E-state index contributed by atoms with van der Waals surface area (Å²) in [6, 6.07) is 2.10. The van der Waals surface area contributed by atoms with Crippen LogP contribution in [0.15, 0.2) is 0 Å². The highest BCUT2D eigenvalue weighted by atomic mass is 16.3. The van der Waals surface area contributed by atoms with Crippen LogP contribution in [0.1, 0.15) is 52.4 Å². The first kappa shape index (κ1) is 15.0. The number of amides is 1. The zero-order valence-corrected chi connectivity index (χ0v) is 11.5. The van der Waals surface area contributed by atoms with Crippen LogP contribution < -0.4 is 0 Å². The Labute approximate surface area is 110 Å². The first-order valence-electron chi connectivity index (χ1n) is 6.98. The molecular formula is C14H24N2O2. The Balaban J connectivity index is 2.94. The highest BCUT2D eigenvalue weighted by Gasteiger charge is 2.40. The van der Waals surface area contributed by atoms with Crippen LogP contribution >= 0.6 is 0 Å². The predicted molar refractivity (Wildman–Crippen MR) is 69.7 cm³/mol. The van der Waals surface area contributed by atoms with Crippen LogP contribution in [-0.4, -0.2) is 35.1 Å². The standard InChI is InChI=1S/C14H24N2O2/c1-3-14(4-2,11-15)13(18)16-9-7-5-6-8-12(16)10-17/h12,17H,3-10H2,1-2H3. The van der Waals surface area contributed by atoms with Crippen molar-refractivity contribution in [2.24, 2.45) is 5.41 Å². The summed E-state index contributed by atoms with van der Waals surface area (Å²) in [6.07, 6.45) is 5.03. The van der Waals surface area contributed by atoms with Crippen LogP contribution in [0, 0.1) is 16.7 Å². The van der Waals surface area contributed by atoms with E-state index in [2.05, 4.69) is 6.07 Å². The van der Waals surface area contributed by atoms with Crippen LogP contribution in [0.5, 0.6) is 0 Å². The molecule has 1 N–H and O–H groups in total. The van der Waals surface area contributed by atoms with Crippen LogP contribution in [-0.2, 0) is 4.79 Å². The third-order valence-electron chi connectivity index (χ3n) is 4.18. The van der Waals surface area contributed by atoms with Crippen LogP contribution in [0.3, 0.4) is 0 Å². The van der Waals surface area contributed by atoms with Gasteiger partial charge in [-0.1, -0.05) is 26.7 Å². The number of nitrogens with zero attached hydrogens (tertiary/aromatic N) is 2. The maximum atomic E-state index is 12.6. The second kappa shape index (κ2) is 6.75. The van der Waals surface area contributed by atoms with Crippen molar-refractivity contribution in [3.8, 4) is 6.07 Å². The molecule has 0 saturated carbocycles. The summed E-state index contributed by atoms with van der Waals surface area (Å²) >= 11 is 0. The van der Waals surface area contributed by atoms with Crippen molar-refractivity contribution in [2.75, 3.05) is 13.2 Å². The lowest BCUT2D eigenvalue weighted by atomic mass is 9.82. The normalized spacial score (nSPS) is 21.2. The Morgan fingerprint density at radius 2 is 2.06 bits per heavy atom. The molecule has 1 amide bonds. The minimum atomic E-state index is -0.905. The second-order valence-corrected chi connectivity index (χ2v) is 5.09.